The fourth-order valence-electron chi connectivity index (χ4n) is 4.42. The number of halogens is 2. The zero-order valence-corrected chi connectivity index (χ0v) is 19.5. The molecule has 1 aromatic carbocycles. The number of piperidine rings is 2. The Bertz CT molecular complexity index is 959. The predicted octanol–water partition coefficient (Wildman–Crippen LogP) is 4.82. The van der Waals surface area contributed by atoms with Gasteiger partial charge in [0.2, 0.25) is 5.91 Å². The summed E-state index contributed by atoms with van der Waals surface area (Å²) in [7, 11) is 1.48. The second-order valence-corrected chi connectivity index (χ2v) is 10.2. The van der Waals surface area contributed by atoms with E-state index >= 15 is 0 Å². The Balaban J connectivity index is 1.42. The van der Waals surface area contributed by atoms with Gasteiger partial charge in [-0.25, -0.2) is 0 Å². The molecule has 1 atom stereocenters. The van der Waals surface area contributed by atoms with Crippen LogP contribution in [0.25, 0.3) is 0 Å². The Morgan fingerprint density at radius 1 is 1.19 bits per heavy atom. The van der Waals surface area contributed by atoms with E-state index in [2.05, 4.69) is 15.5 Å². The molecule has 31 heavy (non-hydrogen) atoms. The molecule has 1 aromatic heterocycles. The highest BCUT2D eigenvalue weighted by Gasteiger charge is 2.34. The van der Waals surface area contributed by atoms with Gasteiger partial charge in [-0.05, 0) is 61.9 Å². The number of nitrogens with zero attached hydrogens (tertiary/aromatic N) is 1. The number of amides is 2. The molecule has 2 aliphatic heterocycles. The third-order valence-electron chi connectivity index (χ3n) is 5.99. The van der Waals surface area contributed by atoms with Crippen LogP contribution in [-0.2, 0) is 9.53 Å². The fraction of sp³-hybridized carbons (Fsp3) is 0.455. The van der Waals surface area contributed by atoms with Crippen molar-refractivity contribution in [3.8, 4) is 0 Å². The molecule has 2 bridgehead atoms. The number of methoxy groups -OCH3 is 1. The van der Waals surface area contributed by atoms with E-state index in [0.29, 0.717) is 26.0 Å². The lowest BCUT2D eigenvalue weighted by Gasteiger charge is -2.47. The number of hydrogen-bond donors (Lipinski definition) is 2. The van der Waals surface area contributed by atoms with E-state index in [1.165, 1.54) is 32.8 Å². The molecule has 5 rings (SSSR count). The highest BCUT2D eigenvalue weighted by atomic mass is 35.5. The lowest BCUT2D eigenvalue weighted by molar-refractivity contribution is -0.119. The monoisotopic (exact) mass is 481 g/mol. The van der Waals surface area contributed by atoms with Crippen molar-refractivity contribution >= 4 is 57.7 Å². The molecule has 3 heterocycles. The first kappa shape index (κ1) is 22.4. The molecule has 1 saturated carbocycles. The van der Waals surface area contributed by atoms with Gasteiger partial charge in [-0.1, -0.05) is 23.2 Å². The van der Waals surface area contributed by atoms with Crippen LogP contribution in [0, 0.1) is 5.92 Å². The molecule has 0 unspecified atom stereocenters. The standard InChI is InChI=1S/C22H25Cl2N3O3S/c1-30-12-17(26-22(29)19-8-9-20(24)31-19)21(28)25-14-4-7-18(16(23)10-14)27-11-13-2-5-15(27)6-3-13/h4,7-10,13,15,17H,2-3,5-6,11-12H2,1H3,(H,25,28)(H,26,29)/t13?,15?,17-/m1/s1. The SMILES string of the molecule is COC[C@@H](NC(=O)c1ccc(Cl)s1)C(=O)Nc1ccc(N2CC3CCC2CC3)c(Cl)c1. The number of hydrogen-bond acceptors (Lipinski definition) is 5. The van der Waals surface area contributed by atoms with Gasteiger partial charge in [-0.15, -0.1) is 11.3 Å². The molecule has 2 N–H and O–H groups in total. The van der Waals surface area contributed by atoms with Crippen molar-refractivity contribution < 1.29 is 14.3 Å². The average molecular weight is 482 g/mol. The van der Waals surface area contributed by atoms with Crippen LogP contribution in [0.1, 0.15) is 35.4 Å². The zero-order valence-electron chi connectivity index (χ0n) is 17.2. The minimum atomic E-state index is -0.852. The number of thiophene rings is 1. The number of rotatable bonds is 7. The Morgan fingerprint density at radius 3 is 2.55 bits per heavy atom. The summed E-state index contributed by atoms with van der Waals surface area (Å²) in [6.45, 7) is 1.09. The van der Waals surface area contributed by atoms with Gasteiger partial charge in [0.1, 0.15) is 6.04 Å². The summed E-state index contributed by atoms with van der Waals surface area (Å²) >= 11 is 13.6. The van der Waals surface area contributed by atoms with Crippen LogP contribution in [0.15, 0.2) is 30.3 Å². The highest BCUT2D eigenvalue weighted by Crippen LogP contribution is 2.40. The average Bonchev–Trinajstić information content (AvgIpc) is 3.21. The first-order chi connectivity index (χ1) is 14.9. The maximum atomic E-state index is 12.8. The minimum absolute atomic E-state index is 0.0410. The van der Waals surface area contributed by atoms with Gasteiger partial charge >= 0.3 is 0 Å². The van der Waals surface area contributed by atoms with Gasteiger partial charge in [0.05, 0.1) is 26.5 Å². The molecule has 2 amide bonds. The Hall–Kier alpha value is -1.80. The van der Waals surface area contributed by atoms with Gasteiger partial charge in [0.25, 0.3) is 5.91 Å². The van der Waals surface area contributed by atoms with Crippen LogP contribution in [0.2, 0.25) is 9.36 Å². The lowest BCUT2D eigenvalue weighted by Crippen LogP contribution is -2.48. The molecule has 2 aromatic rings. The summed E-state index contributed by atoms with van der Waals surface area (Å²) in [4.78, 5) is 28.1. The Labute approximate surface area is 195 Å². The molecular weight excluding hydrogens is 457 g/mol. The quantitative estimate of drug-likeness (QED) is 0.594. The molecule has 0 radical (unpaired) electrons. The summed E-state index contributed by atoms with van der Waals surface area (Å²) in [6.07, 6.45) is 5.04. The summed E-state index contributed by atoms with van der Waals surface area (Å²) in [5.74, 6) is -0.00147. The van der Waals surface area contributed by atoms with Gasteiger partial charge in [0.15, 0.2) is 0 Å². The minimum Gasteiger partial charge on any atom is -0.382 e. The van der Waals surface area contributed by atoms with E-state index in [-0.39, 0.29) is 18.4 Å². The molecule has 3 fully saturated rings. The highest BCUT2D eigenvalue weighted by molar-refractivity contribution is 7.18. The van der Waals surface area contributed by atoms with Crippen molar-refractivity contribution in [2.45, 2.75) is 37.8 Å². The van der Waals surface area contributed by atoms with E-state index in [1.807, 2.05) is 12.1 Å². The smallest absolute Gasteiger partial charge is 0.262 e. The predicted molar refractivity (Wildman–Crippen MR) is 126 cm³/mol. The maximum absolute atomic E-state index is 12.8. The van der Waals surface area contributed by atoms with Crippen LogP contribution < -0.4 is 15.5 Å². The molecule has 2 saturated heterocycles. The van der Waals surface area contributed by atoms with Crippen molar-refractivity contribution in [2.24, 2.45) is 5.92 Å². The van der Waals surface area contributed by atoms with E-state index in [1.54, 1.807) is 18.2 Å². The molecule has 6 nitrogen and oxygen atoms in total. The summed E-state index contributed by atoms with van der Waals surface area (Å²) in [5, 5.41) is 6.15. The number of carbonyl (C=O) groups excluding carboxylic acids is 2. The van der Waals surface area contributed by atoms with Crippen LogP contribution in [-0.4, -0.2) is 44.2 Å². The summed E-state index contributed by atoms with van der Waals surface area (Å²) in [6, 6.07) is 8.55. The maximum Gasteiger partial charge on any atom is 0.262 e. The third kappa shape index (κ3) is 5.17. The fourth-order valence-corrected chi connectivity index (χ4v) is 5.66. The number of nitrogens with one attached hydrogen (secondary N) is 2. The van der Waals surface area contributed by atoms with Crippen LogP contribution in [0.3, 0.4) is 0 Å². The van der Waals surface area contributed by atoms with Crippen molar-refractivity contribution in [3.63, 3.8) is 0 Å². The van der Waals surface area contributed by atoms with Crippen molar-refractivity contribution in [1.82, 2.24) is 5.32 Å². The molecule has 1 aliphatic carbocycles. The molecule has 166 valence electrons. The van der Waals surface area contributed by atoms with Gasteiger partial charge in [-0.2, -0.15) is 0 Å². The van der Waals surface area contributed by atoms with Gasteiger partial charge < -0.3 is 20.3 Å². The number of anilines is 2. The second kappa shape index (κ2) is 9.77. The van der Waals surface area contributed by atoms with Crippen molar-refractivity contribution in [3.05, 3.63) is 44.6 Å². The van der Waals surface area contributed by atoms with E-state index in [9.17, 15) is 9.59 Å². The topological polar surface area (TPSA) is 70.7 Å². The van der Waals surface area contributed by atoms with Crippen LogP contribution in [0.5, 0.6) is 0 Å². The molecule has 9 heteroatoms. The Kier molecular flexibility index (Phi) is 7.06. The first-order valence-corrected chi connectivity index (χ1v) is 11.9. The molecular formula is C22H25Cl2N3O3S. The van der Waals surface area contributed by atoms with Crippen molar-refractivity contribution in [1.29, 1.82) is 0 Å². The van der Waals surface area contributed by atoms with Gasteiger partial charge in [0, 0.05) is 25.4 Å². The van der Waals surface area contributed by atoms with Crippen LogP contribution in [0.4, 0.5) is 11.4 Å². The zero-order chi connectivity index (χ0) is 22.0. The lowest BCUT2D eigenvalue weighted by atomic mass is 9.79. The van der Waals surface area contributed by atoms with Crippen LogP contribution >= 0.6 is 34.5 Å². The van der Waals surface area contributed by atoms with E-state index in [0.717, 1.165) is 29.5 Å². The van der Waals surface area contributed by atoms with Gasteiger partial charge in [-0.3, -0.25) is 9.59 Å². The number of carbonyl (C=O) groups is 2. The second-order valence-electron chi connectivity index (χ2n) is 8.07. The number of fused-ring (bicyclic) bond motifs is 3. The van der Waals surface area contributed by atoms with E-state index in [4.69, 9.17) is 27.9 Å². The molecule has 0 spiro atoms. The van der Waals surface area contributed by atoms with Crippen molar-refractivity contribution in [2.75, 3.05) is 30.5 Å². The molecule has 3 aliphatic rings. The first-order valence-electron chi connectivity index (χ1n) is 10.4. The third-order valence-corrected chi connectivity index (χ3v) is 7.52. The summed E-state index contributed by atoms with van der Waals surface area (Å²) < 4.78 is 5.63. The number of ether oxygens (including phenoxy) is 1. The Morgan fingerprint density at radius 2 is 1.97 bits per heavy atom. The summed E-state index contributed by atoms with van der Waals surface area (Å²) in [5.41, 5.74) is 1.60. The number of benzene rings is 1. The largest absolute Gasteiger partial charge is 0.382 e. The van der Waals surface area contributed by atoms with E-state index < -0.39 is 6.04 Å². The normalized spacial score (nSPS) is 21.1.